The summed E-state index contributed by atoms with van der Waals surface area (Å²) in [4.78, 5) is 0. The fraction of sp³-hybridized carbons (Fsp3) is 0.875. The number of rotatable bonds is 2. The summed E-state index contributed by atoms with van der Waals surface area (Å²) in [7, 11) is 0. The van der Waals surface area contributed by atoms with Gasteiger partial charge >= 0.3 is 0 Å². The Balaban J connectivity index is 2.25. The molecular weight excluding hydrogens is 192 g/mol. The lowest BCUT2D eigenvalue weighted by molar-refractivity contribution is -0.0688. The predicted octanol–water partition coefficient (Wildman–Crippen LogP) is 5.20. The molecule has 0 aromatic carbocycles. The normalized spacial score (nSPS) is 52.4. The second-order valence-electron chi connectivity index (χ2n) is 7.97. The standard InChI is InChI=1S/C16H28/c1-6-7-14(3)10-15(4)8-13(2)9-16(5,11-14)12-15/h6,13H,1,7-12H2,2-5H3. The van der Waals surface area contributed by atoms with Gasteiger partial charge in [0.25, 0.3) is 0 Å². The van der Waals surface area contributed by atoms with Crippen molar-refractivity contribution in [2.75, 3.05) is 0 Å². The van der Waals surface area contributed by atoms with Gasteiger partial charge in [0.2, 0.25) is 0 Å². The van der Waals surface area contributed by atoms with Crippen LogP contribution in [0.1, 0.15) is 66.2 Å². The van der Waals surface area contributed by atoms with Gasteiger partial charge in [-0.3, -0.25) is 0 Å². The smallest absolute Gasteiger partial charge is 0.0281 e. The van der Waals surface area contributed by atoms with Gasteiger partial charge in [-0.25, -0.2) is 0 Å². The fourth-order valence-electron chi connectivity index (χ4n) is 5.81. The molecule has 0 aromatic rings. The van der Waals surface area contributed by atoms with Crippen molar-refractivity contribution in [1.82, 2.24) is 0 Å². The minimum atomic E-state index is 0.518. The van der Waals surface area contributed by atoms with Gasteiger partial charge in [-0.1, -0.05) is 33.8 Å². The molecule has 2 saturated carbocycles. The van der Waals surface area contributed by atoms with E-state index in [1.54, 1.807) is 0 Å². The zero-order valence-electron chi connectivity index (χ0n) is 11.6. The molecule has 0 aliphatic heterocycles. The lowest BCUT2D eigenvalue weighted by Crippen LogP contribution is -2.47. The summed E-state index contributed by atoms with van der Waals surface area (Å²) >= 11 is 0. The Morgan fingerprint density at radius 2 is 1.56 bits per heavy atom. The highest BCUT2D eigenvalue weighted by Gasteiger charge is 2.51. The molecule has 0 amide bonds. The highest BCUT2D eigenvalue weighted by atomic mass is 14.6. The van der Waals surface area contributed by atoms with Crippen LogP contribution in [0.25, 0.3) is 0 Å². The van der Waals surface area contributed by atoms with Crippen molar-refractivity contribution >= 4 is 0 Å². The van der Waals surface area contributed by atoms with Crippen LogP contribution in [0.2, 0.25) is 0 Å². The molecule has 0 spiro atoms. The van der Waals surface area contributed by atoms with E-state index >= 15 is 0 Å². The van der Waals surface area contributed by atoms with E-state index < -0.39 is 0 Å². The fourth-order valence-corrected chi connectivity index (χ4v) is 5.81. The van der Waals surface area contributed by atoms with Gasteiger partial charge in [0.05, 0.1) is 0 Å². The molecule has 0 nitrogen and oxygen atoms in total. The van der Waals surface area contributed by atoms with E-state index in [2.05, 4.69) is 40.3 Å². The molecule has 2 atom stereocenters. The summed E-state index contributed by atoms with van der Waals surface area (Å²) in [5.41, 5.74) is 1.72. The number of hydrogen-bond donors (Lipinski definition) is 0. The van der Waals surface area contributed by atoms with Crippen LogP contribution >= 0.6 is 0 Å². The zero-order valence-corrected chi connectivity index (χ0v) is 11.6. The van der Waals surface area contributed by atoms with E-state index in [0.717, 1.165) is 5.92 Å². The first-order valence-corrected chi connectivity index (χ1v) is 6.89. The quantitative estimate of drug-likeness (QED) is 0.561. The maximum absolute atomic E-state index is 3.95. The summed E-state index contributed by atoms with van der Waals surface area (Å²) in [6, 6.07) is 0. The lowest BCUT2D eigenvalue weighted by atomic mass is 9.47. The second-order valence-corrected chi connectivity index (χ2v) is 7.97. The topological polar surface area (TPSA) is 0 Å². The van der Waals surface area contributed by atoms with E-state index in [-0.39, 0.29) is 0 Å². The maximum atomic E-state index is 3.95. The maximum Gasteiger partial charge on any atom is -0.0281 e. The minimum Gasteiger partial charge on any atom is -0.103 e. The summed E-state index contributed by atoms with van der Waals surface area (Å²) in [5.74, 6) is 0.928. The first-order valence-electron chi connectivity index (χ1n) is 6.89. The molecule has 0 radical (unpaired) electrons. The Kier molecular flexibility index (Phi) is 2.76. The molecule has 2 bridgehead atoms. The molecule has 16 heavy (non-hydrogen) atoms. The first kappa shape index (κ1) is 12.2. The Hall–Kier alpha value is -0.260. The third kappa shape index (κ3) is 2.21. The van der Waals surface area contributed by atoms with Crippen LogP contribution in [0.4, 0.5) is 0 Å². The molecule has 2 rings (SSSR count). The van der Waals surface area contributed by atoms with Gasteiger partial charge in [-0.2, -0.15) is 0 Å². The van der Waals surface area contributed by atoms with Crippen molar-refractivity contribution in [3.63, 3.8) is 0 Å². The van der Waals surface area contributed by atoms with Gasteiger partial charge in [0.1, 0.15) is 0 Å². The summed E-state index contributed by atoms with van der Waals surface area (Å²) in [5, 5.41) is 0. The van der Waals surface area contributed by atoms with Crippen LogP contribution in [-0.4, -0.2) is 0 Å². The highest BCUT2D eigenvalue weighted by Crippen LogP contribution is 2.63. The first-order chi connectivity index (χ1) is 7.28. The highest BCUT2D eigenvalue weighted by molar-refractivity contribution is 5.04. The van der Waals surface area contributed by atoms with Crippen molar-refractivity contribution < 1.29 is 0 Å². The van der Waals surface area contributed by atoms with Crippen LogP contribution in [0, 0.1) is 22.2 Å². The third-order valence-electron chi connectivity index (χ3n) is 4.88. The molecular formula is C16H28. The monoisotopic (exact) mass is 220 g/mol. The zero-order chi connectivity index (χ0) is 12.0. The van der Waals surface area contributed by atoms with Crippen LogP contribution in [0.5, 0.6) is 0 Å². The average Bonchev–Trinajstić information content (AvgIpc) is 1.94. The van der Waals surface area contributed by atoms with Crippen molar-refractivity contribution in [3.8, 4) is 0 Å². The van der Waals surface area contributed by atoms with Crippen molar-refractivity contribution in [2.24, 2.45) is 22.2 Å². The van der Waals surface area contributed by atoms with Gasteiger partial charge < -0.3 is 0 Å². The summed E-state index contributed by atoms with van der Waals surface area (Å²) < 4.78 is 0. The molecule has 0 heteroatoms. The molecule has 0 N–H and O–H groups in total. The molecule has 2 unspecified atom stereocenters. The lowest BCUT2D eigenvalue weighted by Gasteiger charge is -2.58. The van der Waals surface area contributed by atoms with E-state index in [1.165, 1.54) is 38.5 Å². The number of hydrogen-bond acceptors (Lipinski definition) is 0. The van der Waals surface area contributed by atoms with Gasteiger partial charge in [0.15, 0.2) is 0 Å². The van der Waals surface area contributed by atoms with Crippen LogP contribution in [-0.2, 0) is 0 Å². The van der Waals surface area contributed by atoms with E-state index in [9.17, 15) is 0 Å². The molecule has 0 heterocycles. The summed E-state index contributed by atoms with van der Waals surface area (Å²) in [6.45, 7) is 13.9. The SMILES string of the molecule is C=CCC1(C)CC2(C)CC(C)CC(C)(C1)C2. The van der Waals surface area contributed by atoms with E-state index in [4.69, 9.17) is 0 Å². The van der Waals surface area contributed by atoms with E-state index in [0.29, 0.717) is 16.2 Å². The number of allylic oxidation sites excluding steroid dienone is 1. The minimum absolute atomic E-state index is 0.518. The van der Waals surface area contributed by atoms with Crippen molar-refractivity contribution in [2.45, 2.75) is 66.2 Å². The predicted molar refractivity (Wildman–Crippen MR) is 71.4 cm³/mol. The van der Waals surface area contributed by atoms with Crippen molar-refractivity contribution in [1.29, 1.82) is 0 Å². The van der Waals surface area contributed by atoms with Crippen molar-refractivity contribution in [3.05, 3.63) is 12.7 Å². The van der Waals surface area contributed by atoms with Crippen LogP contribution in [0.15, 0.2) is 12.7 Å². The molecule has 2 aliphatic rings. The average molecular weight is 220 g/mol. The van der Waals surface area contributed by atoms with Crippen LogP contribution in [0.3, 0.4) is 0 Å². The Morgan fingerprint density at radius 3 is 2.00 bits per heavy atom. The van der Waals surface area contributed by atoms with Gasteiger partial charge in [-0.15, -0.1) is 6.58 Å². The molecule has 2 fully saturated rings. The largest absolute Gasteiger partial charge is 0.103 e. The molecule has 2 aliphatic carbocycles. The molecule has 92 valence electrons. The van der Waals surface area contributed by atoms with Crippen LogP contribution < -0.4 is 0 Å². The Morgan fingerprint density at radius 1 is 1.06 bits per heavy atom. The second kappa shape index (κ2) is 3.62. The Bertz CT molecular complexity index is 270. The van der Waals surface area contributed by atoms with Gasteiger partial charge in [-0.05, 0) is 60.7 Å². The molecule has 0 saturated heterocycles. The number of fused-ring (bicyclic) bond motifs is 2. The van der Waals surface area contributed by atoms with E-state index in [1.807, 2.05) is 0 Å². The van der Waals surface area contributed by atoms with Gasteiger partial charge in [0, 0.05) is 0 Å². The molecule has 0 aromatic heterocycles. The summed E-state index contributed by atoms with van der Waals surface area (Å²) in [6.07, 6.45) is 10.5. The Labute approximate surface area is 102 Å². The third-order valence-corrected chi connectivity index (χ3v) is 4.88.